The number of rotatable bonds is 1. The molecule has 2 radical (unpaired) electrons. The summed E-state index contributed by atoms with van der Waals surface area (Å²) < 4.78 is 0. The molecule has 0 aromatic carbocycles. The molecule has 0 rings (SSSR count). The second-order valence-corrected chi connectivity index (χ2v) is 0.729. The van der Waals surface area contributed by atoms with Crippen LogP contribution in [0, 0.1) is 0 Å². The van der Waals surface area contributed by atoms with Gasteiger partial charge in [-0.3, -0.25) is 9.59 Å². The van der Waals surface area contributed by atoms with E-state index in [9.17, 15) is 4.79 Å². The van der Waals surface area contributed by atoms with Gasteiger partial charge in [0.25, 0.3) is 0 Å². The van der Waals surface area contributed by atoms with Gasteiger partial charge in [0.15, 0.2) is 12.1 Å². The zero-order valence-corrected chi connectivity index (χ0v) is 9.10. The molecular weight excluding hydrogens is 275 g/mol. The van der Waals surface area contributed by atoms with Crippen LogP contribution < -0.4 is 0 Å². The molecule has 0 spiro atoms. The molecule has 3 heteroatoms. The minimum absolute atomic E-state index is 0. The first-order valence-corrected chi connectivity index (χ1v) is 1.23. The maximum absolute atomic E-state index is 9.44. The standard InChI is InChI=1S/C3H4O2.Pb.2H/c1-3(5)2-4;;;/h2H,1H3;;;. The summed E-state index contributed by atoms with van der Waals surface area (Å²) in [6, 6.07) is 0. The number of aldehydes is 1. The first-order valence-electron chi connectivity index (χ1n) is 1.23. The summed E-state index contributed by atoms with van der Waals surface area (Å²) in [5.41, 5.74) is 0. The molecule has 0 saturated carbocycles. The second kappa shape index (κ2) is 5.26. The molecule has 34 valence electrons. The fourth-order valence-corrected chi connectivity index (χ4v) is 0. The number of carbonyl (C=O) groups excluding carboxylic acids is 2. The molecule has 0 fully saturated rings. The third-order valence-corrected chi connectivity index (χ3v) is 0.166. The maximum atomic E-state index is 9.44. The van der Waals surface area contributed by atoms with Crippen LogP contribution in [0.1, 0.15) is 6.92 Å². The van der Waals surface area contributed by atoms with E-state index in [1.807, 2.05) is 0 Å². The van der Waals surface area contributed by atoms with Crippen LogP contribution in [0.2, 0.25) is 0 Å². The first-order chi connectivity index (χ1) is 2.27. The van der Waals surface area contributed by atoms with Gasteiger partial charge >= 0.3 is 27.3 Å². The van der Waals surface area contributed by atoms with Crippen molar-refractivity contribution in [2.45, 2.75) is 6.92 Å². The van der Waals surface area contributed by atoms with Gasteiger partial charge in [0.1, 0.15) is 0 Å². The van der Waals surface area contributed by atoms with E-state index in [1.54, 1.807) is 0 Å². The molecule has 0 aromatic rings. The predicted molar refractivity (Wildman–Crippen MR) is 25.3 cm³/mol. The van der Waals surface area contributed by atoms with E-state index in [4.69, 9.17) is 4.79 Å². The van der Waals surface area contributed by atoms with Crippen molar-refractivity contribution in [3.8, 4) is 0 Å². The summed E-state index contributed by atoms with van der Waals surface area (Å²) in [6.07, 6.45) is 0.278. The molecule has 0 amide bonds. The summed E-state index contributed by atoms with van der Waals surface area (Å²) in [4.78, 5) is 18.6. The number of hydrogen-bond acceptors (Lipinski definition) is 2. The first kappa shape index (κ1) is 9.55. The van der Waals surface area contributed by atoms with E-state index in [0.717, 1.165) is 0 Å². The van der Waals surface area contributed by atoms with Crippen molar-refractivity contribution >= 4 is 39.4 Å². The van der Waals surface area contributed by atoms with E-state index in [-0.39, 0.29) is 33.6 Å². The third kappa shape index (κ3) is 8.86. The van der Waals surface area contributed by atoms with E-state index < -0.39 is 5.78 Å². The van der Waals surface area contributed by atoms with E-state index in [0.29, 0.717) is 0 Å². The average molecular weight is 281 g/mol. The number of carbonyl (C=O) groups is 2. The van der Waals surface area contributed by atoms with Crippen LogP contribution in [0.25, 0.3) is 0 Å². The van der Waals surface area contributed by atoms with Crippen LogP contribution in [0.15, 0.2) is 0 Å². The molecule has 0 bridgehead atoms. The van der Waals surface area contributed by atoms with Crippen molar-refractivity contribution in [3.05, 3.63) is 0 Å². The Bertz CT molecular complexity index is 59.8. The molecule has 6 heavy (non-hydrogen) atoms. The Hall–Kier alpha value is 0.262. The number of ketones is 1. The van der Waals surface area contributed by atoms with Gasteiger partial charge < -0.3 is 0 Å². The van der Waals surface area contributed by atoms with Crippen molar-refractivity contribution in [1.29, 1.82) is 0 Å². The van der Waals surface area contributed by atoms with Crippen LogP contribution in [0.5, 0.6) is 0 Å². The van der Waals surface area contributed by atoms with E-state index in [1.165, 1.54) is 6.92 Å². The SMILES string of the molecule is CC(=O)C=O.[PbH2]. The van der Waals surface area contributed by atoms with Crippen LogP contribution in [-0.2, 0) is 9.59 Å². The summed E-state index contributed by atoms with van der Waals surface area (Å²) >= 11 is 0. The molecule has 0 aromatic heterocycles. The molecule has 0 heterocycles. The van der Waals surface area contributed by atoms with Crippen molar-refractivity contribution < 1.29 is 9.59 Å². The Morgan fingerprint density at radius 2 is 1.83 bits per heavy atom. The molecule has 2 nitrogen and oxygen atoms in total. The van der Waals surface area contributed by atoms with Gasteiger partial charge in [0.2, 0.25) is 0 Å². The molecule has 0 N–H and O–H groups in total. The van der Waals surface area contributed by atoms with Gasteiger partial charge in [0.05, 0.1) is 0 Å². The summed E-state index contributed by atoms with van der Waals surface area (Å²) in [5, 5.41) is 0. The van der Waals surface area contributed by atoms with Crippen LogP contribution >= 0.6 is 0 Å². The van der Waals surface area contributed by atoms with Gasteiger partial charge in [-0.05, 0) is 0 Å². The van der Waals surface area contributed by atoms with E-state index >= 15 is 0 Å². The quantitative estimate of drug-likeness (QED) is 0.346. The summed E-state index contributed by atoms with van der Waals surface area (Å²) in [7, 11) is 0. The Kier molecular flexibility index (Phi) is 8.37. The van der Waals surface area contributed by atoms with Gasteiger partial charge in [0, 0.05) is 6.92 Å². The van der Waals surface area contributed by atoms with E-state index in [2.05, 4.69) is 0 Å². The zero-order valence-electron chi connectivity index (χ0n) is 3.60. The Balaban J connectivity index is 0. The van der Waals surface area contributed by atoms with Crippen molar-refractivity contribution in [3.63, 3.8) is 0 Å². The van der Waals surface area contributed by atoms with Gasteiger partial charge in [-0.2, -0.15) is 0 Å². The fraction of sp³-hybridized carbons (Fsp3) is 0.333. The fourth-order valence-electron chi connectivity index (χ4n) is 0. The molecule has 0 saturated heterocycles. The molecule has 0 aliphatic carbocycles. The Morgan fingerprint density at radius 3 is 1.83 bits per heavy atom. The summed E-state index contributed by atoms with van der Waals surface area (Å²) in [6.45, 7) is 1.22. The van der Waals surface area contributed by atoms with Crippen molar-refractivity contribution in [1.82, 2.24) is 0 Å². The molecule has 0 aliphatic heterocycles. The Morgan fingerprint density at radius 1 is 1.67 bits per heavy atom. The predicted octanol–water partition coefficient (Wildman–Crippen LogP) is -1.14. The van der Waals surface area contributed by atoms with Crippen LogP contribution in [0.3, 0.4) is 0 Å². The average Bonchev–Trinajstić information content (AvgIpc) is 1.38. The normalized spacial score (nSPS) is 5.50. The topological polar surface area (TPSA) is 34.1 Å². The van der Waals surface area contributed by atoms with Gasteiger partial charge in [-0.25, -0.2) is 0 Å². The van der Waals surface area contributed by atoms with Crippen LogP contribution in [-0.4, -0.2) is 39.4 Å². The minimum atomic E-state index is -0.426. The van der Waals surface area contributed by atoms with Gasteiger partial charge in [-0.1, -0.05) is 0 Å². The molecule has 0 atom stereocenters. The molecular formula is C3H6O2Pb. The molecule has 0 unspecified atom stereocenters. The van der Waals surface area contributed by atoms with Crippen molar-refractivity contribution in [2.24, 2.45) is 0 Å². The van der Waals surface area contributed by atoms with Gasteiger partial charge in [-0.15, -0.1) is 0 Å². The number of hydrogen-bond donors (Lipinski definition) is 0. The van der Waals surface area contributed by atoms with Crippen LogP contribution in [0.4, 0.5) is 0 Å². The number of Topliss-reactive ketones (excluding diaryl/α,β-unsaturated/α-hetero) is 1. The Labute approximate surface area is 56.1 Å². The third-order valence-electron chi connectivity index (χ3n) is 0.166. The zero-order chi connectivity index (χ0) is 4.28. The summed E-state index contributed by atoms with van der Waals surface area (Å²) in [5.74, 6) is -0.426. The monoisotopic (exact) mass is 282 g/mol. The van der Waals surface area contributed by atoms with Crippen molar-refractivity contribution in [2.75, 3.05) is 0 Å². The second-order valence-electron chi connectivity index (χ2n) is 0.729. The molecule has 0 aliphatic rings.